The van der Waals surface area contributed by atoms with Crippen molar-refractivity contribution in [1.82, 2.24) is 5.32 Å². The van der Waals surface area contributed by atoms with E-state index >= 15 is 0 Å². The van der Waals surface area contributed by atoms with Crippen LogP contribution in [0.4, 0.5) is 4.79 Å². The van der Waals surface area contributed by atoms with Crippen LogP contribution in [0.3, 0.4) is 0 Å². The van der Waals surface area contributed by atoms with E-state index < -0.39 is 0 Å². The number of nitrogens with one attached hydrogen (secondary N) is 1. The molecular formula is C11H17NO2. The summed E-state index contributed by atoms with van der Waals surface area (Å²) in [6.45, 7) is 0. The van der Waals surface area contributed by atoms with Gasteiger partial charge in [-0.05, 0) is 49.9 Å². The highest BCUT2D eigenvalue weighted by molar-refractivity contribution is 5.69. The average Bonchev–Trinajstić information content (AvgIpc) is 2.88. The SMILES string of the molecule is COC(=O)NC12CC3CCC1C2CC3. The summed E-state index contributed by atoms with van der Waals surface area (Å²) in [4.78, 5) is 11.3. The maximum Gasteiger partial charge on any atom is 0.407 e. The van der Waals surface area contributed by atoms with Gasteiger partial charge in [-0.25, -0.2) is 4.79 Å². The molecule has 3 aliphatic carbocycles. The van der Waals surface area contributed by atoms with E-state index in [0.29, 0.717) is 0 Å². The van der Waals surface area contributed by atoms with Crippen LogP contribution in [0.1, 0.15) is 32.1 Å². The molecule has 3 heteroatoms. The van der Waals surface area contributed by atoms with E-state index in [4.69, 9.17) is 4.74 Å². The number of hydrogen-bond acceptors (Lipinski definition) is 2. The molecule has 3 aliphatic rings. The Balaban J connectivity index is 1.77. The van der Waals surface area contributed by atoms with Gasteiger partial charge in [-0.15, -0.1) is 0 Å². The molecule has 0 aromatic heterocycles. The summed E-state index contributed by atoms with van der Waals surface area (Å²) < 4.78 is 4.70. The van der Waals surface area contributed by atoms with Crippen molar-refractivity contribution in [1.29, 1.82) is 0 Å². The van der Waals surface area contributed by atoms with Gasteiger partial charge in [0.2, 0.25) is 0 Å². The predicted molar refractivity (Wildman–Crippen MR) is 51.8 cm³/mol. The summed E-state index contributed by atoms with van der Waals surface area (Å²) in [6, 6.07) is 0. The van der Waals surface area contributed by atoms with Crippen molar-refractivity contribution in [3.8, 4) is 0 Å². The maximum absolute atomic E-state index is 11.3. The standard InChI is InChI=1S/C11H17NO2/c1-14-10(13)12-11-6-7-2-4-8(11)9(11)5-3-7/h7-9H,2-6H2,1H3,(H,12,13). The van der Waals surface area contributed by atoms with Crippen LogP contribution in [-0.4, -0.2) is 18.7 Å². The number of hydrogen-bond donors (Lipinski definition) is 1. The summed E-state index contributed by atoms with van der Waals surface area (Å²) >= 11 is 0. The molecule has 0 heterocycles. The second-order valence-electron chi connectivity index (χ2n) is 5.09. The molecule has 3 saturated carbocycles. The summed E-state index contributed by atoms with van der Waals surface area (Å²) in [5.74, 6) is 2.39. The minimum Gasteiger partial charge on any atom is -0.453 e. The topological polar surface area (TPSA) is 38.3 Å². The molecule has 2 atom stereocenters. The zero-order valence-electron chi connectivity index (χ0n) is 8.58. The number of rotatable bonds is 1. The molecule has 3 rings (SSSR count). The second kappa shape index (κ2) is 2.65. The third kappa shape index (κ3) is 0.956. The molecule has 0 radical (unpaired) electrons. The van der Waals surface area contributed by atoms with Crippen LogP contribution < -0.4 is 5.32 Å². The Bertz CT molecular complexity index is 262. The Labute approximate surface area is 84.2 Å². The monoisotopic (exact) mass is 195 g/mol. The van der Waals surface area contributed by atoms with Crippen LogP contribution in [0.25, 0.3) is 0 Å². The summed E-state index contributed by atoms with van der Waals surface area (Å²) in [5, 5.41) is 3.09. The van der Waals surface area contributed by atoms with E-state index in [1.807, 2.05) is 0 Å². The van der Waals surface area contributed by atoms with Crippen molar-refractivity contribution in [2.24, 2.45) is 17.8 Å². The fourth-order valence-electron chi connectivity index (χ4n) is 3.96. The third-order valence-corrected chi connectivity index (χ3v) is 4.62. The number of ether oxygens (including phenoxy) is 1. The predicted octanol–water partition coefficient (Wildman–Crippen LogP) is 1.92. The van der Waals surface area contributed by atoms with Gasteiger partial charge in [-0.1, -0.05) is 0 Å². The van der Waals surface area contributed by atoms with E-state index in [1.54, 1.807) is 0 Å². The zero-order chi connectivity index (χ0) is 9.76. The molecule has 2 unspecified atom stereocenters. The minimum atomic E-state index is -0.236. The van der Waals surface area contributed by atoms with E-state index in [-0.39, 0.29) is 11.6 Å². The lowest BCUT2D eigenvalue weighted by molar-refractivity contribution is 0.149. The van der Waals surface area contributed by atoms with Crippen molar-refractivity contribution in [3.05, 3.63) is 0 Å². The summed E-state index contributed by atoms with van der Waals surface area (Å²) in [6.07, 6.45) is 6.37. The molecular weight excluding hydrogens is 178 g/mol. The Morgan fingerprint density at radius 1 is 1.29 bits per heavy atom. The van der Waals surface area contributed by atoms with Gasteiger partial charge in [0.05, 0.1) is 7.11 Å². The van der Waals surface area contributed by atoms with Crippen LogP contribution in [0.2, 0.25) is 0 Å². The third-order valence-electron chi connectivity index (χ3n) is 4.62. The first-order valence-electron chi connectivity index (χ1n) is 5.62. The molecule has 0 aliphatic heterocycles. The molecule has 3 fully saturated rings. The van der Waals surface area contributed by atoms with Gasteiger partial charge >= 0.3 is 6.09 Å². The molecule has 14 heavy (non-hydrogen) atoms. The van der Waals surface area contributed by atoms with Gasteiger partial charge in [-0.3, -0.25) is 0 Å². The zero-order valence-corrected chi connectivity index (χ0v) is 8.58. The largest absolute Gasteiger partial charge is 0.453 e. The van der Waals surface area contributed by atoms with Gasteiger partial charge in [0.1, 0.15) is 0 Å². The van der Waals surface area contributed by atoms with Crippen molar-refractivity contribution in [2.45, 2.75) is 37.6 Å². The normalized spacial score (nSPS) is 48.2. The first kappa shape index (κ1) is 8.57. The van der Waals surface area contributed by atoms with Crippen molar-refractivity contribution in [2.75, 3.05) is 7.11 Å². The summed E-state index contributed by atoms with van der Waals surface area (Å²) in [5.41, 5.74) is 0.161. The first-order chi connectivity index (χ1) is 6.76. The Morgan fingerprint density at radius 2 is 1.93 bits per heavy atom. The maximum atomic E-state index is 11.3. The highest BCUT2D eigenvalue weighted by Crippen LogP contribution is 2.66. The fraction of sp³-hybridized carbons (Fsp3) is 0.909. The molecule has 0 aromatic rings. The molecule has 0 aromatic carbocycles. The van der Waals surface area contributed by atoms with Crippen LogP contribution >= 0.6 is 0 Å². The molecule has 0 spiro atoms. The quantitative estimate of drug-likeness (QED) is 0.694. The van der Waals surface area contributed by atoms with E-state index in [0.717, 1.165) is 17.8 Å². The molecule has 2 bridgehead atoms. The van der Waals surface area contributed by atoms with Gasteiger partial charge in [0.25, 0.3) is 0 Å². The molecule has 1 amide bonds. The van der Waals surface area contributed by atoms with Crippen LogP contribution in [-0.2, 0) is 4.74 Å². The van der Waals surface area contributed by atoms with Gasteiger partial charge in [-0.2, -0.15) is 0 Å². The lowest BCUT2D eigenvalue weighted by Crippen LogP contribution is -2.44. The fourth-order valence-corrected chi connectivity index (χ4v) is 3.96. The van der Waals surface area contributed by atoms with E-state index in [9.17, 15) is 4.79 Å². The van der Waals surface area contributed by atoms with Gasteiger partial charge < -0.3 is 10.1 Å². The Hall–Kier alpha value is -0.730. The highest BCUT2D eigenvalue weighted by Gasteiger charge is 2.68. The van der Waals surface area contributed by atoms with Gasteiger partial charge in [0.15, 0.2) is 0 Å². The Kier molecular flexibility index (Phi) is 1.62. The number of alkyl carbamates (subject to hydrolysis) is 1. The number of carbonyl (C=O) groups excluding carboxylic acids is 1. The molecule has 78 valence electrons. The highest BCUT2D eigenvalue weighted by atomic mass is 16.5. The first-order valence-corrected chi connectivity index (χ1v) is 5.62. The number of methoxy groups -OCH3 is 1. The van der Waals surface area contributed by atoms with Crippen LogP contribution in [0.15, 0.2) is 0 Å². The summed E-state index contributed by atoms with van der Waals surface area (Å²) in [7, 11) is 1.45. The Morgan fingerprint density at radius 3 is 2.50 bits per heavy atom. The van der Waals surface area contributed by atoms with Crippen LogP contribution in [0, 0.1) is 17.8 Å². The average molecular weight is 195 g/mol. The number of amides is 1. The van der Waals surface area contributed by atoms with E-state index in [1.165, 1.54) is 39.2 Å². The number of fused-ring (bicyclic) bond motifs is 2. The smallest absolute Gasteiger partial charge is 0.407 e. The van der Waals surface area contributed by atoms with Crippen molar-refractivity contribution < 1.29 is 9.53 Å². The minimum absolute atomic E-state index is 0.161. The van der Waals surface area contributed by atoms with Crippen LogP contribution in [0.5, 0.6) is 0 Å². The van der Waals surface area contributed by atoms with Gasteiger partial charge in [0, 0.05) is 5.54 Å². The molecule has 0 saturated heterocycles. The second-order valence-corrected chi connectivity index (χ2v) is 5.09. The van der Waals surface area contributed by atoms with Crippen molar-refractivity contribution in [3.63, 3.8) is 0 Å². The lowest BCUT2D eigenvalue weighted by Gasteiger charge is -2.32. The lowest BCUT2D eigenvalue weighted by atomic mass is 9.80. The molecule has 1 N–H and O–H groups in total. The molecule has 3 nitrogen and oxygen atoms in total. The van der Waals surface area contributed by atoms with Crippen molar-refractivity contribution >= 4 is 6.09 Å². The van der Waals surface area contributed by atoms with E-state index in [2.05, 4.69) is 5.32 Å². The number of carbonyl (C=O) groups is 1.